The number of nitrogens with one attached hydrogen (secondary N) is 1. The second-order valence-corrected chi connectivity index (χ2v) is 6.23. The number of halogens is 2. The molecule has 2 aromatic carbocycles. The summed E-state index contributed by atoms with van der Waals surface area (Å²) in [5.41, 5.74) is 3.46. The molecule has 25 heavy (non-hydrogen) atoms. The van der Waals surface area contributed by atoms with Crippen molar-refractivity contribution < 1.29 is 13.6 Å². The normalized spacial score (nSPS) is 13.8. The van der Waals surface area contributed by atoms with Gasteiger partial charge in [0.25, 0.3) is 0 Å². The highest BCUT2D eigenvalue weighted by Gasteiger charge is 2.26. The molecule has 0 saturated heterocycles. The Bertz CT molecular complexity index is 980. The Morgan fingerprint density at radius 3 is 2.76 bits per heavy atom. The van der Waals surface area contributed by atoms with E-state index in [1.54, 1.807) is 4.90 Å². The Morgan fingerprint density at radius 2 is 1.96 bits per heavy atom. The van der Waals surface area contributed by atoms with Crippen molar-refractivity contribution in [2.24, 2.45) is 7.05 Å². The average molecular weight is 341 g/mol. The van der Waals surface area contributed by atoms with Gasteiger partial charge in [-0.1, -0.05) is 18.2 Å². The fraction of sp³-hybridized carbons (Fsp3) is 0.211. The summed E-state index contributed by atoms with van der Waals surface area (Å²) in [6, 6.07) is 10.8. The van der Waals surface area contributed by atoms with Crippen LogP contribution in [0, 0.1) is 11.6 Å². The zero-order chi connectivity index (χ0) is 17.6. The standard InChI is InChI=1S/C19H17F2N3O/c1-23-17-5-3-2-4-13(17)14-11-24(9-8-18(14)23)19(25)22-16-7-6-12(20)10-15(16)21/h2-7,10H,8-9,11H2,1H3,(H,22,25). The summed E-state index contributed by atoms with van der Waals surface area (Å²) in [4.78, 5) is 14.2. The van der Waals surface area contributed by atoms with Crippen molar-refractivity contribution in [1.29, 1.82) is 0 Å². The topological polar surface area (TPSA) is 37.3 Å². The van der Waals surface area contributed by atoms with Gasteiger partial charge in [-0.2, -0.15) is 0 Å². The van der Waals surface area contributed by atoms with Crippen LogP contribution >= 0.6 is 0 Å². The number of hydrogen-bond acceptors (Lipinski definition) is 1. The summed E-state index contributed by atoms with van der Waals surface area (Å²) >= 11 is 0. The summed E-state index contributed by atoms with van der Waals surface area (Å²) in [6.45, 7) is 1.01. The predicted octanol–water partition coefficient (Wildman–Crippen LogP) is 4.05. The first kappa shape index (κ1) is 15.6. The van der Waals surface area contributed by atoms with Crippen LogP contribution in [0.5, 0.6) is 0 Å². The maximum Gasteiger partial charge on any atom is 0.322 e. The second-order valence-electron chi connectivity index (χ2n) is 6.23. The van der Waals surface area contributed by atoms with Crippen molar-refractivity contribution >= 4 is 22.6 Å². The minimum atomic E-state index is -0.781. The van der Waals surface area contributed by atoms with Crippen LogP contribution < -0.4 is 5.32 Å². The van der Waals surface area contributed by atoms with Gasteiger partial charge in [0.15, 0.2) is 0 Å². The number of carbonyl (C=O) groups excluding carboxylic acids is 1. The first-order valence-corrected chi connectivity index (χ1v) is 8.11. The zero-order valence-electron chi connectivity index (χ0n) is 13.7. The van der Waals surface area contributed by atoms with Crippen molar-refractivity contribution in [1.82, 2.24) is 9.47 Å². The van der Waals surface area contributed by atoms with Crippen LogP contribution in [0.2, 0.25) is 0 Å². The van der Waals surface area contributed by atoms with E-state index < -0.39 is 11.6 Å². The van der Waals surface area contributed by atoms with E-state index in [1.165, 1.54) is 11.8 Å². The third-order valence-corrected chi connectivity index (χ3v) is 4.77. The fourth-order valence-corrected chi connectivity index (χ4v) is 3.49. The number of aryl methyl sites for hydroxylation is 1. The summed E-state index contributed by atoms with van der Waals surface area (Å²) in [6.07, 6.45) is 0.736. The summed E-state index contributed by atoms with van der Waals surface area (Å²) in [7, 11) is 2.03. The van der Waals surface area contributed by atoms with E-state index in [2.05, 4.69) is 22.0 Å². The molecule has 1 aliphatic heterocycles. The van der Waals surface area contributed by atoms with E-state index in [-0.39, 0.29) is 11.7 Å². The van der Waals surface area contributed by atoms with Gasteiger partial charge in [-0.15, -0.1) is 0 Å². The number of para-hydroxylation sites is 1. The average Bonchev–Trinajstić information content (AvgIpc) is 2.90. The molecule has 0 atom stereocenters. The maximum atomic E-state index is 13.8. The van der Waals surface area contributed by atoms with Crippen LogP contribution in [-0.4, -0.2) is 22.0 Å². The number of urea groups is 1. The summed E-state index contributed by atoms with van der Waals surface area (Å²) in [5.74, 6) is -1.45. The highest BCUT2D eigenvalue weighted by molar-refractivity contribution is 5.91. The first-order valence-electron chi connectivity index (χ1n) is 8.11. The third kappa shape index (κ3) is 2.63. The van der Waals surface area contributed by atoms with Gasteiger partial charge in [-0.3, -0.25) is 0 Å². The van der Waals surface area contributed by atoms with Crippen molar-refractivity contribution in [3.63, 3.8) is 0 Å². The zero-order valence-corrected chi connectivity index (χ0v) is 13.7. The van der Waals surface area contributed by atoms with E-state index in [0.717, 1.165) is 35.0 Å². The number of anilines is 1. The Balaban J connectivity index is 1.60. The van der Waals surface area contributed by atoms with Gasteiger partial charge in [0.2, 0.25) is 0 Å². The molecule has 4 rings (SSSR count). The van der Waals surface area contributed by atoms with Crippen LogP contribution in [0.15, 0.2) is 42.5 Å². The molecule has 2 heterocycles. The molecule has 0 spiro atoms. The molecule has 0 aliphatic carbocycles. The molecule has 128 valence electrons. The van der Waals surface area contributed by atoms with Crippen LogP contribution in [0.1, 0.15) is 11.3 Å². The summed E-state index contributed by atoms with van der Waals surface area (Å²) in [5, 5.41) is 3.66. The van der Waals surface area contributed by atoms with Gasteiger partial charge in [0.1, 0.15) is 11.6 Å². The number of nitrogens with zero attached hydrogens (tertiary/aromatic N) is 2. The molecule has 4 nitrogen and oxygen atoms in total. The largest absolute Gasteiger partial charge is 0.347 e. The molecule has 0 saturated carbocycles. The van der Waals surface area contributed by atoms with E-state index >= 15 is 0 Å². The molecular weight excluding hydrogens is 324 g/mol. The molecule has 0 fully saturated rings. The van der Waals surface area contributed by atoms with Crippen molar-refractivity contribution in [2.45, 2.75) is 13.0 Å². The number of amides is 2. The second kappa shape index (κ2) is 5.88. The van der Waals surface area contributed by atoms with Crippen molar-refractivity contribution in [3.8, 4) is 0 Å². The van der Waals surface area contributed by atoms with Crippen molar-refractivity contribution in [2.75, 3.05) is 11.9 Å². The highest BCUT2D eigenvalue weighted by atomic mass is 19.1. The van der Waals surface area contributed by atoms with Gasteiger partial charge >= 0.3 is 6.03 Å². The Kier molecular flexibility index (Phi) is 3.67. The molecule has 0 unspecified atom stereocenters. The highest BCUT2D eigenvalue weighted by Crippen LogP contribution is 2.30. The van der Waals surface area contributed by atoms with Crippen LogP contribution in [0.3, 0.4) is 0 Å². The molecule has 6 heteroatoms. The maximum absolute atomic E-state index is 13.8. The van der Waals surface area contributed by atoms with Gasteiger partial charge in [-0.05, 0) is 18.2 Å². The van der Waals surface area contributed by atoms with Gasteiger partial charge in [-0.25, -0.2) is 13.6 Å². The first-order chi connectivity index (χ1) is 12.0. The number of fused-ring (bicyclic) bond motifs is 3. The van der Waals surface area contributed by atoms with E-state index in [0.29, 0.717) is 13.1 Å². The quantitative estimate of drug-likeness (QED) is 0.712. The number of carbonyl (C=O) groups is 1. The summed E-state index contributed by atoms with van der Waals surface area (Å²) < 4.78 is 28.9. The number of aromatic nitrogens is 1. The lowest BCUT2D eigenvalue weighted by atomic mass is 10.0. The molecule has 0 bridgehead atoms. The van der Waals surface area contributed by atoms with Gasteiger partial charge in [0, 0.05) is 54.8 Å². The lowest BCUT2D eigenvalue weighted by Crippen LogP contribution is -2.39. The molecular formula is C19H17F2N3O. The molecule has 1 aromatic heterocycles. The lowest BCUT2D eigenvalue weighted by molar-refractivity contribution is 0.206. The lowest BCUT2D eigenvalue weighted by Gasteiger charge is -2.28. The van der Waals surface area contributed by atoms with E-state index in [1.807, 2.05) is 19.2 Å². The molecule has 0 radical (unpaired) electrons. The van der Waals surface area contributed by atoms with E-state index in [9.17, 15) is 13.6 Å². The van der Waals surface area contributed by atoms with E-state index in [4.69, 9.17) is 0 Å². The van der Waals surface area contributed by atoms with Gasteiger partial charge in [0.05, 0.1) is 5.69 Å². The van der Waals surface area contributed by atoms with Crippen LogP contribution in [0.25, 0.3) is 10.9 Å². The monoisotopic (exact) mass is 341 g/mol. The molecule has 3 aromatic rings. The Labute approximate surface area is 143 Å². The van der Waals surface area contributed by atoms with Gasteiger partial charge < -0.3 is 14.8 Å². The smallest absolute Gasteiger partial charge is 0.322 e. The third-order valence-electron chi connectivity index (χ3n) is 4.77. The number of rotatable bonds is 1. The minimum absolute atomic E-state index is 0.0184. The van der Waals surface area contributed by atoms with Crippen LogP contribution in [0.4, 0.5) is 19.3 Å². The molecule has 1 aliphatic rings. The predicted molar refractivity (Wildman–Crippen MR) is 92.4 cm³/mol. The number of benzene rings is 2. The van der Waals surface area contributed by atoms with Crippen molar-refractivity contribution in [3.05, 3.63) is 65.4 Å². The molecule has 1 N–H and O–H groups in total. The Hall–Kier alpha value is -2.89. The minimum Gasteiger partial charge on any atom is -0.347 e. The molecule has 2 amide bonds. The fourth-order valence-electron chi connectivity index (χ4n) is 3.49. The number of hydrogen-bond donors (Lipinski definition) is 1. The SMILES string of the molecule is Cn1c2c(c3ccccc31)CN(C(=O)Nc1ccc(F)cc1F)CC2. The van der Waals surface area contributed by atoms with Crippen LogP contribution in [-0.2, 0) is 20.0 Å². The Morgan fingerprint density at radius 1 is 1.16 bits per heavy atom.